The highest BCUT2D eigenvalue weighted by Gasteiger charge is 2.27. The van der Waals surface area contributed by atoms with Crippen LogP contribution in [0.4, 0.5) is 16.2 Å². The van der Waals surface area contributed by atoms with Crippen LogP contribution < -0.4 is 16.0 Å². The molecule has 0 spiro atoms. The van der Waals surface area contributed by atoms with Gasteiger partial charge in [0, 0.05) is 29.5 Å². The number of nitrogens with one attached hydrogen (secondary N) is 1. The molecule has 3 N–H and O–H groups in total. The summed E-state index contributed by atoms with van der Waals surface area (Å²) in [6.45, 7) is 4.63. The highest BCUT2D eigenvalue weighted by atomic mass is 16.2. The average Bonchev–Trinajstić information content (AvgIpc) is 2.67. The Morgan fingerprint density at radius 3 is 2.79 bits per heavy atom. The number of nitrogens with two attached hydrogens (primary N) is 1. The van der Waals surface area contributed by atoms with Crippen LogP contribution in [0.25, 0.3) is 10.9 Å². The number of aromatic nitrogens is 1. The second-order valence-electron chi connectivity index (χ2n) is 7.19. The Bertz CT molecular complexity index is 1110. The summed E-state index contributed by atoms with van der Waals surface area (Å²) < 4.78 is 0. The lowest BCUT2D eigenvalue weighted by molar-refractivity contribution is 0.0986. The number of aryl methyl sites for hydroxylation is 2. The van der Waals surface area contributed by atoms with Gasteiger partial charge in [0.15, 0.2) is 0 Å². The highest BCUT2D eigenvalue weighted by molar-refractivity contribution is 6.14. The maximum absolute atomic E-state index is 13.5. The molecular weight excluding hydrogens is 352 g/mol. The van der Waals surface area contributed by atoms with Gasteiger partial charge < -0.3 is 16.0 Å². The summed E-state index contributed by atoms with van der Waals surface area (Å²) in [6, 6.07) is 10.9. The Hall–Kier alpha value is -3.41. The van der Waals surface area contributed by atoms with Crippen molar-refractivity contribution in [2.24, 2.45) is 5.73 Å². The molecule has 0 saturated heterocycles. The molecule has 3 aromatic rings. The number of primary amides is 1. The number of nitrogens with zero attached hydrogens (tertiary/aromatic N) is 2. The zero-order valence-corrected chi connectivity index (χ0v) is 16.0. The lowest BCUT2D eigenvalue weighted by Gasteiger charge is -2.31. The first-order valence-electron chi connectivity index (χ1n) is 9.32. The van der Waals surface area contributed by atoms with E-state index in [-0.39, 0.29) is 5.91 Å². The van der Waals surface area contributed by atoms with E-state index in [1.165, 1.54) is 0 Å². The van der Waals surface area contributed by atoms with E-state index in [0.29, 0.717) is 23.3 Å². The van der Waals surface area contributed by atoms with Crippen molar-refractivity contribution in [2.45, 2.75) is 26.7 Å². The minimum Gasteiger partial charge on any atom is -0.351 e. The number of fused-ring (bicyclic) bond motifs is 2. The molecule has 2 aromatic carbocycles. The SMILES string of the molecule is Cc1cc(C(=O)N2CCCc3c(NC(N)=O)cccc32)c2nccc(C)c2c1. The molecule has 2 heterocycles. The molecule has 0 aliphatic carbocycles. The number of carbonyl (C=O) groups excluding carboxylic acids is 2. The number of carbonyl (C=O) groups is 2. The van der Waals surface area contributed by atoms with Crippen molar-refractivity contribution in [3.8, 4) is 0 Å². The van der Waals surface area contributed by atoms with Crippen molar-refractivity contribution >= 4 is 34.2 Å². The van der Waals surface area contributed by atoms with Gasteiger partial charge in [-0.25, -0.2) is 4.79 Å². The number of hydrogen-bond acceptors (Lipinski definition) is 3. The van der Waals surface area contributed by atoms with Crippen molar-refractivity contribution in [1.29, 1.82) is 0 Å². The third-order valence-electron chi connectivity index (χ3n) is 5.19. The van der Waals surface area contributed by atoms with Gasteiger partial charge in [-0.2, -0.15) is 0 Å². The van der Waals surface area contributed by atoms with Crippen LogP contribution in [0.1, 0.15) is 33.5 Å². The van der Waals surface area contributed by atoms with Gasteiger partial charge in [-0.05, 0) is 73.7 Å². The molecule has 6 nitrogen and oxygen atoms in total. The van der Waals surface area contributed by atoms with E-state index in [2.05, 4.69) is 16.4 Å². The predicted octanol–water partition coefficient (Wildman–Crippen LogP) is 3.94. The quantitative estimate of drug-likeness (QED) is 0.712. The molecule has 1 aromatic heterocycles. The fourth-order valence-corrected chi connectivity index (χ4v) is 3.93. The third kappa shape index (κ3) is 3.07. The van der Waals surface area contributed by atoms with E-state index in [1.807, 2.05) is 44.2 Å². The lowest BCUT2D eigenvalue weighted by Crippen LogP contribution is -2.36. The number of urea groups is 1. The van der Waals surface area contributed by atoms with Crippen LogP contribution in [0.15, 0.2) is 42.6 Å². The number of rotatable bonds is 2. The van der Waals surface area contributed by atoms with Gasteiger partial charge in [-0.15, -0.1) is 0 Å². The van der Waals surface area contributed by atoms with E-state index in [1.54, 1.807) is 11.1 Å². The topological polar surface area (TPSA) is 88.3 Å². The molecule has 0 radical (unpaired) electrons. The standard InChI is InChI=1S/C22H22N4O2/c1-13-11-16-14(2)8-9-24-20(16)17(12-13)21(27)26-10-4-5-15-18(25-22(23)28)6-3-7-19(15)26/h3,6-9,11-12H,4-5,10H2,1-2H3,(H3,23,25,28). The van der Waals surface area contributed by atoms with Crippen LogP contribution in [0.2, 0.25) is 0 Å². The number of pyridine rings is 1. The van der Waals surface area contributed by atoms with Crippen LogP contribution in [0.3, 0.4) is 0 Å². The molecule has 3 amide bonds. The molecule has 28 heavy (non-hydrogen) atoms. The van der Waals surface area contributed by atoms with Crippen molar-refractivity contribution in [1.82, 2.24) is 4.98 Å². The smallest absolute Gasteiger partial charge is 0.316 e. The van der Waals surface area contributed by atoms with Crippen LogP contribution in [0, 0.1) is 13.8 Å². The molecule has 0 bridgehead atoms. The number of hydrogen-bond donors (Lipinski definition) is 2. The summed E-state index contributed by atoms with van der Waals surface area (Å²) in [4.78, 5) is 31.1. The molecule has 0 unspecified atom stereocenters. The van der Waals surface area contributed by atoms with Crippen LogP contribution in [-0.2, 0) is 6.42 Å². The average molecular weight is 374 g/mol. The van der Waals surface area contributed by atoms with Gasteiger partial charge in [0.25, 0.3) is 5.91 Å². The third-order valence-corrected chi connectivity index (χ3v) is 5.19. The fraction of sp³-hybridized carbons (Fsp3) is 0.227. The van der Waals surface area contributed by atoms with Crippen molar-refractivity contribution in [3.05, 3.63) is 64.8 Å². The zero-order valence-electron chi connectivity index (χ0n) is 16.0. The maximum Gasteiger partial charge on any atom is 0.316 e. The summed E-state index contributed by atoms with van der Waals surface area (Å²) in [5, 5.41) is 3.66. The van der Waals surface area contributed by atoms with Gasteiger partial charge in [-0.1, -0.05) is 6.07 Å². The summed E-state index contributed by atoms with van der Waals surface area (Å²) >= 11 is 0. The lowest BCUT2D eigenvalue weighted by atomic mass is 9.97. The van der Waals surface area contributed by atoms with E-state index in [9.17, 15) is 9.59 Å². The summed E-state index contributed by atoms with van der Waals surface area (Å²) in [5.41, 5.74) is 11.1. The van der Waals surface area contributed by atoms with Gasteiger partial charge in [0.2, 0.25) is 0 Å². The molecular formula is C22H22N4O2. The number of benzene rings is 2. The first kappa shape index (κ1) is 18.0. The molecule has 1 aliphatic heterocycles. The Labute approximate surface area is 163 Å². The summed E-state index contributed by atoms with van der Waals surface area (Å²) in [5.74, 6) is -0.0797. The molecule has 6 heteroatoms. The van der Waals surface area contributed by atoms with Gasteiger partial charge in [0.1, 0.15) is 0 Å². The molecule has 1 aliphatic rings. The Kier molecular flexibility index (Phi) is 4.47. The number of amides is 3. The Balaban J connectivity index is 1.83. The van der Waals surface area contributed by atoms with Crippen LogP contribution >= 0.6 is 0 Å². The molecule has 0 saturated carbocycles. The van der Waals surface area contributed by atoms with E-state index in [0.717, 1.165) is 40.6 Å². The monoisotopic (exact) mass is 374 g/mol. The van der Waals surface area contributed by atoms with Crippen molar-refractivity contribution in [3.63, 3.8) is 0 Å². The minimum absolute atomic E-state index is 0.0797. The maximum atomic E-state index is 13.5. The summed E-state index contributed by atoms with van der Waals surface area (Å²) in [6.07, 6.45) is 3.33. The van der Waals surface area contributed by atoms with Gasteiger partial charge in [-0.3, -0.25) is 9.78 Å². The molecule has 4 rings (SSSR count). The van der Waals surface area contributed by atoms with Crippen molar-refractivity contribution < 1.29 is 9.59 Å². The molecule has 0 fully saturated rings. The Morgan fingerprint density at radius 1 is 1.18 bits per heavy atom. The fourth-order valence-electron chi connectivity index (χ4n) is 3.93. The van der Waals surface area contributed by atoms with E-state index >= 15 is 0 Å². The predicted molar refractivity (Wildman–Crippen MR) is 111 cm³/mol. The first-order valence-corrected chi connectivity index (χ1v) is 9.32. The normalized spacial score (nSPS) is 13.3. The first-order chi connectivity index (χ1) is 13.5. The molecule has 0 atom stereocenters. The minimum atomic E-state index is -0.610. The second kappa shape index (κ2) is 6.96. The van der Waals surface area contributed by atoms with Crippen molar-refractivity contribution in [2.75, 3.05) is 16.8 Å². The van der Waals surface area contributed by atoms with Gasteiger partial charge in [0.05, 0.1) is 11.1 Å². The van der Waals surface area contributed by atoms with Gasteiger partial charge >= 0.3 is 6.03 Å². The van der Waals surface area contributed by atoms with Crippen LogP contribution in [-0.4, -0.2) is 23.5 Å². The van der Waals surface area contributed by atoms with E-state index in [4.69, 9.17) is 5.73 Å². The highest BCUT2D eigenvalue weighted by Crippen LogP contribution is 2.34. The summed E-state index contributed by atoms with van der Waals surface area (Å²) in [7, 11) is 0. The number of anilines is 2. The Morgan fingerprint density at radius 2 is 2.00 bits per heavy atom. The zero-order chi connectivity index (χ0) is 19.8. The molecule has 142 valence electrons. The van der Waals surface area contributed by atoms with E-state index < -0.39 is 6.03 Å². The second-order valence-corrected chi connectivity index (χ2v) is 7.19. The van der Waals surface area contributed by atoms with Crippen LogP contribution in [0.5, 0.6) is 0 Å². The largest absolute Gasteiger partial charge is 0.351 e.